The lowest BCUT2D eigenvalue weighted by molar-refractivity contribution is 0.134. The molecule has 1 atom stereocenters. The van der Waals surface area contributed by atoms with E-state index in [2.05, 4.69) is 33.8 Å². The number of nitrogens with two attached hydrogens (primary N) is 1. The molecule has 0 spiro atoms. The van der Waals surface area contributed by atoms with Gasteiger partial charge in [0.1, 0.15) is 0 Å². The van der Waals surface area contributed by atoms with Gasteiger partial charge in [-0.05, 0) is 65.5 Å². The van der Waals surface area contributed by atoms with Gasteiger partial charge in [0, 0.05) is 17.1 Å². The van der Waals surface area contributed by atoms with E-state index in [1.165, 1.54) is 24.8 Å². The molecular formula is C15H22BrClN2. The molecule has 1 aliphatic heterocycles. The van der Waals surface area contributed by atoms with Gasteiger partial charge in [-0.1, -0.05) is 31.0 Å². The molecule has 1 aliphatic rings. The zero-order valence-electron chi connectivity index (χ0n) is 11.4. The van der Waals surface area contributed by atoms with Gasteiger partial charge in [-0.25, -0.2) is 0 Å². The SMILES string of the molecule is CCC1CCN(C(CN)c2ccc(Br)c(Cl)c2)CC1. The fourth-order valence-corrected chi connectivity index (χ4v) is 3.32. The van der Waals surface area contributed by atoms with Gasteiger partial charge in [-0.15, -0.1) is 0 Å². The third-order valence-corrected chi connectivity index (χ3v) is 5.45. The number of halogens is 2. The Morgan fingerprint density at radius 3 is 2.63 bits per heavy atom. The fourth-order valence-electron chi connectivity index (χ4n) is 2.89. The van der Waals surface area contributed by atoms with Gasteiger partial charge < -0.3 is 5.73 Å². The van der Waals surface area contributed by atoms with Crippen molar-refractivity contribution in [2.75, 3.05) is 19.6 Å². The summed E-state index contributed by atoms with van der Waals surface area (Å²) in [4.78, 5) is 2.51. The molecule has 1 aromatic carbocycles. The minimum atomic E-state index is 0.295. The van der Waals surface area contributed by atoms with Gasteiger partial charge in [-0.3, -0.25) is 4.90 Å². The number of rotatable bonds is 4. The van der Waals surface area contributed by atoms with Gasteiger partial charge in [0.05, 0.1) is 5.02 Å². The van der Waals surface area contributed by atoms with E-state index >= 15 is 0 Å². The normalized spacial score (nSPS) is 19.6. The average Bonchev–Trinajstić information content (AvgIpc) is 2.44. The van der Waals surface area contributed by atoms with Crippen molar-refractivity contribution >= 4 is 27.5 Å². The third kappa shape index (κ3) is 3.72. The molecule has 0 saturated carbocycles. The maximum Gasteiger partial charge on any atom is 0.0551 e. The van der Waals surface area contributed by atoms with Gasteiger partial charge in [-0.2, -0.15) is 0 Å². The Kier molecular flexibility index (Phi) is 5.70. The van der Waals surface area contributed by atoms with Crippen molar-refractivity contribution in [1.82, 2.24) is 4.90 Å². The van der Waals surface area contributed by atoms with Crippen LogP contribution >= 0.6 is 27.5 Å². The van der Waals surface area contributed by atoms with E-state index in [1.54, 1.807) is 0 Å². The molecule has 2 N–H and O–H groups in total. The molecule has 0 amide bonds. The highest BCUT2D eigenvalue weighted by molar-refractivity contribution is 9.10. The number of likely N-dealkylation sites (tertiary alicyclic amines) is 1. The Hall–Kier alpha value is -0.0900. The van der Waals surface area contributed by atoms with Crippen LogP contribution in [0.1, 0.15) is 37.8 Å². The molecule has 19 heavy (non-hydrogen) atoms. The zero-order chi connectivity index (χ0) is 13.8. The Bertz CT molecular complexity index is 417. The van der Waals surface area contributed by atoms with E-state index in [4.69, 9.17) is 17.3 Å². The Labute approximate surface area is 129 Å². The first-order chi connectivity index (χ1) is 9.15. The molecule has 0 aliphatic carbocycles. The van der Waals surface area contributed by atoms with Crippen LogP contribution in [0.25, 0.3) is 0 Å². The molecule has 1 unspecified atom stereocenters. The summed E-state index contributed by atoms with van der Waals surface area (Å²) in [7, 11) is 0. The van der Waals surface area contributed by atoms with Crippen LogP contribution < -0.4 is 5.73 Å². The molecule has 1 fully saturated rings. The summed E-state index contributed by atoms with van der Waals surface area (Å²) in [6, 6.07) is 6.47. The fraction of sp³-hybridized carbons (Fsp3) is 0.600. The minimum absolute atomic E-state index is 0.295. The second-order valence-corrected chi connectivity index (χ2v) is 6.57. The Balaban J connectivity index is 2.09. The summed E-state index contributed by atoms with van der Waals surface area (Å²) < 4.78 is 0.943. The van der Waals surface area contributed by atoms with Crippen molar-refractivity contribution in [3.8, 4) is 0 Å². The van der Waals surface area contributed by atoms with Crippen LogP contribution in [-0.4, -0.2) is 24.5 Å². The monoisotopic (exact) mass is 344 g/mol. The lowest BCUT2D eigenvalue weighted by atomic mass is 9.92. The Morgan fingerprint density at radius 2 is 2.11 bits per heavy atom. The highest BCUT2D eigenvalue weighted by Gasteiger charge is 2.24. The molecule has 0 aromatic heterocycles. The van der Waals surface area contributed by atoms with Crippen LogP contribution in [0.5, 0.6) is 0 Å². The molecule has 2 rings (SSSR count). The first-order valence-electron chi connectivity index (χ1n) is 7.04. The zero-order valence-corrected chi connectivity index (χ0v) is 13.8. The van der Waals surface area contributed by atoms with Crippen LogP contribution in [0, 0.1) is 5.92 Å². The van der Waals surface area contributed by atoms with E-state index in [0.29, 0.717) is 12.6 Å². The van der Waals surface area contributed by atoms with Crippen molar-refractivity contribution in [1.29, 1.82) is 0 Å². The maximum absolute atomic E-state index is 6.19. The summed E-state index contributed by atoms with van der Waals surface area (Å²) in [6.45, 7) is 5.23. The number of piperidine rings is 1. The van der Waals surface area contributed by atoms with Crippen molar-refractivity contribution in [2.45, 2.75) is 32.2 Å². The molecule has 1 aromatic rings. The van der Waals surface area contributed by atoms with Gasteiger partial charge in [0.15, 0.2) is 0 Å². The average molecular weight is 346 g/mol. The topological polar surface area (TPSA) is 29.3 Å². The number of benzene rings is 1. The lowest BCUT2D eigenvalue weighted by Gasteiger charge is -2.37. The summed E-state index contributed by atoms with van der Waals surface area (Å²) in [5.74, 6) is 0.892. The van der Waals surface area contributed by atoms with Crippen LogP contribution in [0.2, 0.25) is 5.02 Å². The predicted molar refractivity (Wildman–Crippen MR) is 85.5 cm³/mol. The Morgan fingerprint density at radius 1 is 1.42 bits per heavy atom. The van der Waals surface area contributed by atoms with E-state index in [0.717, 1.165) is 28.5 Å². The summed E-state index contributed by atoms with van der Waals surface area (Å²) in [5.41, 5.74) is 7.22. The number of hydrogen-bond donors (Lipinski definition) is 1. The molecule has 1 heterocycles. The smallest absolute Gasteiger partial charge is 0.0551 e. The third-order valence-electron chi connectivity index (χ3n) is 4.22. The largest absolute Gasteiger partial charge is 0.329 e. The minimum Gasteiger partial charge on any atom is -0.329 e. The van der Waals surface area contributed by atoms with Gasteiger partial charge >= 0.3 is 0 Å². The predicted octanol–water partition coefficient (Wildman–Crippen LogP) is 4.22. The van der Waals surface area contributed by atoms with Crippen molar-refractivity contribution in [3.05, 3.63) is 33.3 Å². The highest BCUT2D eigenvalue weighted by atomic mass is 79.9. The second kappa shape index (κ2) is 7.07. The van der Waals surface area contributed by atoms with Crippen LogP contribution in [0.15, 0.2) is 22.7 Å². The molecule has 0 radical (unpaired) electrons. The number of nitrogens with zero attached hydrogens (tertiary/aromatic N) is 1. The van der Waals surface area contributed by atoms with Crippen molar-refractivity contribution in [2.24, 2.45) is 11.7 Å². The quantitative estimate of drug-likeness (QED) is 0.885. The molecular weight excluding hydrogens is 324 g/mol. The lowest BCUT2D eigenvalue weighted by Crippen LogP contribution is -2.39. The van der Waals surface area contributed by atoms with E-state index in [-0.39, 0.29) is 0 Å². The molecule has 4 heteroatoms. The molecule has 2 nitrogen and oxygen atoms in total. The maximum atomic E-state index is 6.19. The summed E-state index contributed by atoms with van der Waals surface area (Å²) >= 11 is 9.63. The van der Waals surface area contributed by atoms with E-state index in [9.17, 15) is 0 Å². The van der Waals surface area contributed by atoms with Gasteiger partial charge in [0.25, 0.3) is 0 Å². The number of hydrogen-bond acceptors (Lipinski definition) is 2. The molecule has 0 bridgehead atoms. The van der Waals surface area contributed by atoms with Crippen molar-refractivity contribution < 1.29 is 0 Å². The second-order valence-electron chi connectivity index (χ2n) is 5.31. The van der Waals surface area contributed by atoms with Crippen molar-refractivity contribution in [3.63, 3.8) is 0 Å². The van der Waals surface area contributed by atoms with E-state index in [1.807, 2.05) is 12.1 Å². The van der Waals surface area contributed by atoms with Gasteiger partial charge in [0.2, 0.25) is 0 Å². The van der Waals surface area contributed by atoms with Crippen LogP contribution in [-0.2, 0) is 0 Å². The molecule has 106 valence electrons. The molecule has 1 saturated heterocycles. The standard InChI is InChI=1S/C15H22BrClN2/c1-2-11-5-7-19(8-6-11)15(10-18)12-3-4-13(16)14(17)9-12/h3-4,9,11,15H,2,5-8,10,18H2,1H3. The first-order valence-corrected chi connectivity index (χ1v) is 8.21. The summed E-state index contributed by atoms with van der Waals surface area (Å²) in [6.07, 6.45) is 3.87. The summed E-state index contributed by atoms with van der Waals surface area (Å²) in [5, 5.41) is 0.763. The van der Waals surface area contributed by atoms with E-state index < -0.39 is 0 Å². The van der Waals surface area contributed by atoms with Crippen LogP contribution in [0.3, 0.4) is 0 Å². The van der Waals surface area contributed by atoms with Crippen LogP contribution in [0.4, 0.5) is 0 Å². The first kappa shape index (κ1) is 15.3. The highest BCUT2D eigenvalue weighted by Crippen LogP contribution is 2.31.